The SMILES string of the molecule is CCc1c(C)sc2nc(SCC(=O)c3ccc(Cl)s3)n(-c3ccc(O)cc3C)c(=O)c12. The molecule has 3 heterocycles. The Morgan fingerprint density at radius 1 is 1.23 bits per heavy atom. The Morgan fingerprint density at radius 3 is 2.65 bits per heavy atom. The Balaban J connectivity index is 1.86. The van der Waals surface area contributed by atoms with E-state index < -0.39 is 0 Å². The van der Waals surface area contributed by atoms with E-state index in [0.29, 0.717) is 30.3 Å². The zero-order valence-corrected chi connectivity index (χ0v) is 20.3. The molecule has 4 aromatic rings. The van der Waals surface area contributed by atoms with E-state index in [0.717, 1.165) is 22.4 Å². The first-order chi connectivity index (χ1) is 14.8. The number of phenolic OH excluding ortho intramolecular Hbond substituents is 1. The second-order valence-corrected chi connectivity index (χ2v) is 10.9. The molecule has 0 aliphatic rings. The van der Waals surface area contributed by atoms with Crippen LogP contribution in [0.15, 0.2) is 40.3 Å². The lowest BCUT2D eigenvalue weighted by Crippen LogP contribution is -2.23. The van der Waals surface area contributed by atoms with Gasteiger partial charge in [-0.3, -0.25) is 14.2 Å². The number of carbonyl (C=O) groups excluding carboxylic acids is 1. The summed E-state index contributed by atoms with van der Waals surface area (Å²) in [5.41, 5.74) is 2.22. The number of carbonyl (C=O) groups is 1. The van der Waals surface area contributed by atoms with E-state index in [1.807, 2.05) is 20.8 Å². The van der Waals surface area contributed by atoms with Crippen LogP contribution in [0, 0.1) is 13.8 Å². The number of rotatable bonds is 6. The van der Waals surface area contributed by atoms with Gasteiger partial charge in [0.1, 0.15) is 10.6 Å². The third-order valence-electron chi connectivity index (χ3n) is 4.95. The minimum absolute atomic E-state index is 0.0677. The van der Waals surface area contributed by atoms with E-state index in [1.165, 1.54) is 34.4 Å². The molecule has 0 aliphatic heterocycles. The summed E-state index contributed by atoms with van der Waals surface area (Å²) >= 11 is 9.92. The first-order valence-corrected chi connectivity index (χ1v) is 12.6. The van der Waals surface area contributed by atoms with Gasteiger partial charge in [0.25, 0.3) is 5.56 Å². The fourth-order valence-corrected chi connectivity index (χ4v) is 6.60. The summed E-state index contributed by atoms with van der Waals surface area (Å²) in [6.45, 7) is 5.85. The van der Waals surface area contributed by atoms with Crippen LogP contribution in [-0.2, 0) is 6.42 Å². The van der Waals surface area contributed by atoms with Crippen molar-refractivity contribution in [1.29, 1.82) is 0 Å². The lowest BCUT2D eigenvalue weighted by atomic mass is 10.1. The molecule has 9 heteroatoms. The molecule has 0 saturated carbocycles. The standard InChI is InChI=1S/C22H19ClN2O3S3/c1-4-14-12(3)30-20-19(14)21(28)25(15-6-5-13(26)9-11(15)2)22(24-20)29-10-16(27)17-7-8-18(23)31-17/h5-9,26H,4,10H2,1-3H3. The van der Waals surface area contributed by atoms with Gasteiger partial charge in [0.15, 0.2) is 10.9 Å². The minimum Gasteiger partial charge on any atom is -0.508 e. The predicted molar refractivity (Wildman–Crippen MR) is 130 cm³/mol. The predicted octanol–water partition coefficient (Wildman–Crippen LogP) is 6.02. The Kier molecular flexibility index (Phi) is 6.25. The molecule has 0 spiro atoms. The molecule has 0 saturated heterocycles. The summed E-state index contributed by atoms with van der Waals surface area (Å²) in [6, 6.07) is 8.27. The molecule has 160 valence electrons. The van der Waals surface area contributed by atoms with Crippen molar-refractivity contribution in [2.24, 2.45) is 0 Å². The molecule has 0 radical (unpaired) electrons. The number of thiophene rings is 2. The maximum Gasteiger partial charge on any atom is 0.267 e. The molecule has 0 atom stereocenters. The number of thioether (sulfide) groups is 1. The number of hydrogen-bond acceptors (Lipinski definition) is 7. The van der Waals surface area contributed by atoms with E-state index >= 15 is 0 Å². The van der Waals surface area contributed by atoms with Crippen LogP contribution in [0.1, 0.15) is 32.6 Å². The number of aromatic hydroxyl groups is 1. The molecule has 0 unspecified atom stereocenters. The van der Waals surface area contributed by atoms with Crippen molar-refractivity contribution in [3.05, 3.63) is 65.9 Å². The molecule has 31 heavy (non-hydrogen) atoms. The van der Waals surface area contributed by atoms with Gasteiger partial charge in [-0.05, 0) is 61.7 Å². The molecule has 0 bridgehead atoms. The first-order valence-electron chi connectivity index (χ1n) is 9.56. The number of halogens is 1. The average Bonchev–Trinajstić information content (AvgIpc) is 3.29. The van der Waals surface area contributed by atoms with Crippen molar-refractivity contribution in [1.82, 2.24) is 9.55 Å². The average molecular weight is 491 g/mol. The fourth-order valence-electron chi connectivity index (χ4n) is 3.49. The molecule has 0 amide bonds. The van der Waals surface area contributed by atoms with Gasteiger partial charge in [0, 0.05) is 4.88 Å². The topological polar surface area (TPSA) is 72.2 Å². The Labute approximate surface area is 196 Å². The number of aryl methyl sites for hydroxylation is 3. The summed E-state index contributed by atoms with van der Waals surface area (Å²) in [7, 11) is 0. The summed E-state index contributed by atoms with van der Waals surface area (Å²) in [5.74, 6) is 0.196. The van der Waals surface area contributed by atoms with Crippen LogP contribution in [0.5, 0.6) is 5.75 Å². The summed E-state index contributed by atoms with van der Waals surface area (Å²) < 4.78 is 2.12. The Hall–Kier alpha value is -2.13. The largest absolute Gasteiger partial charge is 0.508 e. The monoisotopic (exact) mass is 490 g/mol. The summed E-state index contributed by atoms with van der Waals surface area (Å²) in [6.07, 6.45) is 0.738. The number of Topliss-reactive ketones (excluding diaryl/α,β-unsaturated/α-hetero) is 1. The van der Waals surface area contributed by atoms with Crippen molar-refractivity contribution in [3.8, 4) is 11.4 Å². The van der Waals surface area contributed by atoms with Crippen LogP contribution in [0.4, 0.5) is 0 Å². The van der Waals surface area contributed by atoms with Crippen LogP contribution in [0.25, 0.3) is 15.9 Å². The number of phenols is 1. The first kappa shape index (κ1) is 22.1. The Bertz CT molecular complexity index is 1370. The van der Waals surface area contributed by atoms with Crippen LogP contribution in [-0.4, -0.2) is 26.2 Å². The zero-order chi connectivity index (χ0) is 22.3. The van der Waals surface area contributed by atoms with Crippen LogP contribution in [0.3, 0.4) is 0 Å². The fraction of sp³-hybridized carbons (Fsp3) is 0.227. The van der Waals surface area contributed by atoms with E-state index in [4.69, 9.17) is 16.6 Å². The van der Waals surface area contributed by atoms with Crippen LogP contribution in [0.2, 0.25) is 4.34 Å². The number of aromatic nitrogens is 2. The number of hydrogen-bond donors (Lipinski definition) is 1. The molecule has 0 fully saturated rings. The third kappa shape index (κ3) is 4.17. The van der Waals surface area contributed by atoms with Crippen LogP contribution >= 0.6 is 46.0 Å². The van der Waals surface area contributed by atoms with Gasteiger partial charge in [0.2, 0.25) is 0 Å². The van der Waals surface area contributed by atoms with Gasteiger partial charge in [0.05, 0.1) is 26.0 Å². The number of fused-ring (bicyclic) bond motifs is 1. The lowest BCUT2D eigenvalue weighted by molar-refractivity contribution is 0.102. The molecular weight excluding hydrogens is 472 g/mol. The van der Waals surface area contributed by atoms with Gasteiger partial charge in [-0.1, -0.05) is 30.3 Å². The van der Waals surface area contributed by atoms with Crippen molar-refractivity contribution in [2.75, 3.05) is 5.75 Å². The molecular formula is C22H19ClN2O3S3. The van der Waals surface area contributed by atoms with Gasteiger partial charge in [-0.2, -0.15) is 0 Å². The maximum atomic E-state index is 13.7. The van der Waals surface area contributed by atoms with E-state index in [1.54, 1.807) is 34.9 Å². The molecule has 4 rings (SSSR count). The lowest BCUT2D eigenvalue weighted by Gasteiger charge is -2.14. The highest BCUT2D eigenvalue weighted by atomic mass is 35.5. The van der Waals surface area contributed by atoms with Crippen LogP contribution < -0.4 is 5.56 Å². The second kappa shape index (κ2) is 8.78. The van der Waals surface area contributed by atoms with Gasteiger partial charge in [-0.15, -0.1) is 22.7 Å². The number of nitrogens with zero attached hydrogens (tertiary/aromatic N) is 2. The minimum atomic E-state index is -0.158. The van der Waals surface area contributed by atoms with E-state index in [9.17, 15) is 14.7 Å². The van der Waals surface area contributed by atoms with Gasteiger partial charge >= 0.3 is 0 Å². The smallest absolute Gasteiger partial charge is 0.267 e. The van der Waals surface area contributed by atoms with Crippen molar-refractivity contribution in [3.63, 3.8) is 0 Å². The molecule has 1 aromatic carbocycles. The van der Waals surface area contributed by atoms with Crippen molar-refractivity contribution < 1.29 is 9.90 Å². The van der Waals surface area contributed by atoms with Gasteiger partial charge in [-0.25, -0.2) is 4.98 Å². The van der Waals surface area contributed by atoms with E-state index in [2.05, 4.69) is 0 Å². The maximum absolute atomic E-state index is 13.7. The summed E-state index contributed by atoms with van der Waals surface area (Å²) in [4.78, 5) is 33.4. The van der Waals surface area contributed by atoms with Crippen molar-refractivity contribution in [2.45, 2.75) is 32.3 Å². The van der Waals surface area contributed by atoms with Gasteiger partial charge < -0.3 is 5.11 Å². The highest BCUT2D eigenvalue weighted by molar-refractivity contribution is 7.99. The van der Waals surface area contributed by atoms with E-state index in [-0.39, 0.29) is 22.8 Å². The molecule has 5 nitrogen and oxygen atoms in total. The Morgan fingerprint density at radius 2 is 2.00 bits per heavy atom. The summed E-state index contributed by atoms with van der Waals surface area (Å²) in [5, 5.41) is 10.9. The zero-order valence-electron chi connectivity index (χ0n) is 17.1. The molecule has 3 aromatic heterocycles. The number of ketones is 1. The second-order valence-electron chi connectivity index (χ2n) is 6.99. The third-order valence-corrected chi connectivity index (χ3v) is 8.20. The highest BCUT2D eigenvalue weighted by Gasteiger charge is 2.21. The normalized spacial score (nSPS) is 11.4. The number of benzene rings is 1. The quantitative estimate of drug-likeness (QED) is 0.203. The molecule has 1 N–H and O–H groups in total. The highest BCUT2D eigenvalue weighted by Crippen LogP contribution is 2.32. The van der Waals surface area contributed by atoms with Crippen molar-refractivity contribution >= 4 is 62.0 Å². The molecule has 0 aliphatic carbocycles.